The number of hydrogen-bond donors (Lipinski definition) is 1. The van der Waals surface area contributed by atoms with Crippen LogP contribution >= 0.6 is 0 Å². The molecule has 106 valence electrons. The van der Waals surface area contributed by atoms with Gasteiger partial charge in [0.1, 0.15) is 5.82 Å². The predicted molar refractivity (Wildman–Crippen MR) is 83.4 cm³/mol. The molecule has 0 spiro atoms. The van der Waals surface area contributed by atoms with Gasteiger partial charge in [-0.25, -0.2) is 4.39 Å². The van der Waals surface area contributed by atoms with Gasteiger partial charge < -0.3 is 5.32 Å². The second-order valence-corrected chi connectivity index (χ2v) is 5.14. The number of rotatable bonds is 4. The third-order valence-electron chi connectivity index (χ3n) is 3.71. The number of nitrogens with one attached hydrogen (secondary N) is 1. The average Bonchev–Trinajstić information content (AvgIpc) is 2.53. The van der Waals surface area contributed by atoms with Gasteiger partial charge in [0.15, 0.2) is 0 Å². The van der Waals surface area contributed by atoms with E-state index >= 15 is 0 Å². The Morgan fingerprint density at radius 3 is 2.62 bits per heavy atom. The Bertz CT molecular complexity index is 732. The van der Waals surface area contributed by atoms with Crippen molar-refractivity contribution < 1.29 is 4.39 Å². The number of aromatic nitrogens is 1. The maximum atomic E-state index is 12.9. The summed E-state index contributed by atoms with van der Waals surface area (Å²) in [7, 11) is 0. The van der Waals surface area contributed by atoms with Crippen LogP contribution in [0.1, 0.15) is 24.1 Å². The summed E-state index contributed by atoms with van der Waals surface area (Å²) in [5.41, 5.74) is 3.30. The van der Waals surface area contributed by atoms with Crippen LogP contribution in [-0.2, 0) is 6.54 Å². The second kappa shape index (κ2) is 6.02. The van der Waals surface area contributed by atoms with Crippen LogP contribution in [0, 0.1) is 5.82 Å². The van der Waals surface area contributed by atoms with E-state index in [1.807, 2.05) is 42.6 Å². The van der Waals surface area contributed by atoms with Crippen LogP contribution in [-0.4, -0.2) is 4.98 Å². The van der Waals surface area contributed by atoms with Crippen LogP contribution < -0.4 is 5.32 Å². The number of halogens is 1. The van der Waals surface area contributed by atoms with E-state index in [2.05, 4.69) is 23.3 Å². The summed E-state index contributed by atoms with van der Waals surface area (Å²) >= 11 is 0. The van der Waals surface area contributed by atoms with Crippen molar-refractivity contribution in [2.45, 2.75) is 19.5 Å². The largest absolute Gasteiger partial charge is 0.306 e. The van der Waals surface area contributed by atoms with E-state index in [9.17, 15) is 4.39 Å². The van der Waals surface area contributed by atoms with Crippen molar-refractivity contribution in [3.05, 3.63) is 77.7 Å². The zero-order valence-electron chi connectivity index (χ0n) is 11.9. The van der Waals surface area contributed by atoms with Crippen molar-refractivity contribution in [2.24, 2.45) is 0 Å². The van der Waals surface area contributed by atoms with Gasteiger partial charge in [0.2, 0.25) is 0 Å². The average molecular weight is 280 g/mol. The lowest BCUT2D eigenvalue weighted by Crippen LogP contribution is -2.18. The zero-order chi connectivity index (χ0) is 14.7. The highest BCUT2D eigenvalue weighted by Gasteiger charge is 2.06. The van der Waals surface area contributed by atoms with Gasteiger partial charge in [0.05, 0.1) is 5.52 Å². The first kappa shape index (κ1) is 13.7. The quantitative estimate of drug-likeness (QED) is 0.773. The highest BCUT2D eigenvalue weighted by molar-refractivity contribution is 5.81. The number of hydrogen-bond acceptors (Lipinski definition) is 2. The van der Waals surface area contributed by atoms with Gasteiger partial charge >= 0.3 is 0 Å². The molecular formula is C18H17FN2. The molecule has 1 aromatic heterocycles. The highest BCUT2D eigenvalue weighted by Crippen LogP contribution is 2.18. The van der Waals surface area contributed by atoms with Gasteiger partial charge in [-0.3, -0.25) is 4.98 Å². The molecule has 1 N–H and O–H groups in total. The fourth-order valence-corrected chi connectivity index (χ4v) is 2.44. The van der Waals surface area contributed by atoms with Gasteiger partial charge in [-0.15, -0.1) is 0 Å². The normalized spacial score (nSPS) is 12.5. The molecule has 21 heavy (non-hydrogen) atoms. The molecule has 0 aliphatic heterocycles. The standard InChI is InChI=1S/C18H17FN2/c1-13(14-6-8-16(19)9-7-14)21-12-15-10-11-20-18-5-3-2-4-17(15)18/h2-11,13,21H,12H2,1H3/t13-/m1/s1. The Balaban J connectivity index is 1.76. The van der Waals surface area contributed by atoms with Gasteiger partial charge in [0.25, 0.3) is 0 Å². The first-order valence-corrected chi connectivity index (χ1v) is 7.05. The lowest BCUT2D eigenvalue weighted by Gasteiger charge is -2.15. The highest BCUT2D eigenvalue weighted by atomic mass is 19.1. The van der Waals surface area contributed by atoms with Crippen molar-refractivity contribution in [1.82, 2.24) is 10.3 Å². The van der Waals surface area contributed by atoms with Gasteiger partial charge in [-0.05, 0) is 42.3 Å². The minimum Gasteiger partial charge on any atom is -0.306 e. The van der Waals surface area contributed by atoms with Crippen molar-refractivity contribution >= 4 is 10.9 Å². The van der Waals surface area contributed by atoms with E-state index in [0.29, 0.717) is 0 Å². The summed E-state index contributed by atoms with van der Waals surface area (Å²) in [4.78, 5) is 4.37. The minimum absolute atomic E-state index is 0.164. The Kier molecular flexibility index (Phi) is 3.93. The van der Waals surface area contributed by atoms with Gasteiger partial charge in [-0.2, -0.15) is 0 Å². The maximum absolute atomic E-state index is 12.9. The third kappa shape index (κ3) is 3.09. The number of para-hydroxylation sites is 1. The monoisotopic (exact) mass is 280 g/mol. The molecule has 0 amide bonds. The Morgan fingerprint density at radius 2 is 1.81 bits per heavy atom. The molecule has 0 radical (unpaired) electrons. The third-order valence-corrected chi connectivity index (χ3v) is 3.71. The Hall–Kier alpha value is -2.26. The van der Waals surface area contributed by atoms with Crippen LogP contribution in [0.4, 0.5) is 4.39 Å². The fourth-order valence-electron chi connectivity index (χ4n) is 2.44. The zero-order valence-corrected chi connectivity index (χ0v) is 11.9. The molecule has 3 aromatic rings. The van der Waals surface area contributed by atoms with Crippen LogP contribution in [0.5, 0.6) is 0 Å². The minimum atomic E-state index is -0.203. The molecular weight excluding hydrogens is 263 g/mol. The number of pyridine rings is 1. The first-order valence-electron chi connectivity index (χ1n) is 7.05. The Morgan fingerprint density at radius 1 is 1.05 bits per heavy atom. The second-order valence-electron chi connectivity index (χ2n) is 5.14. The van der Waals surface area contributed by atoms with Crippen LogP contribution in [0.2, 0.25) is 0 Å². The summed E-state index contributed by atoms with van der Waals surface area (Å²) in [6.07, 6.45) is 1.84. The van der Waals surface area contributed by atoms with Crippen molar-refractivity contribution in [3.63, 3.8) is 0 Å². The maximum Gasteiger partial charge on any atom is 0.123 e. The van der Waals surface area contributed by atoms with Crippen molar-refractivity contribution in [3.8, 4) is 0 Å². The fraction of sp³-hybridized carbons (Fsp3) is 0.167. The topological polar surface area (TPSA) is 24.9 Å². The molecule has 2 aromatic carbocycles. The molecule has 1 atom stereocenters. The Labute approximate surface area is 123 Å². The van der Waals surface area contributed by atoms with E-state index in [1.54, 1.807) is 0 Å². The molecule has 0 bridgehead atoms. The van der Waals surface area contributed by atoms with Gasteiger partial charge in [0, 0.05) is 24.2 Å². The SMILES string of the molecule is C[C@@H](NCc1ccnc2ccccc12)c1ccc(F)cc1. The molecule has 0 fully saturated rings. The molecule has 2 nitrogen and oxygen atoms in total. The summed E-state index contributed by atoms with van der Waals surface area (Å²) < 4.78 is 12.9. The molecule has 0 unspecified atom stereocenters. The molecule has 3 heteroatoms. The smallest absolute Gasteiger partial charge is 0.123 e. The molecule has 0 saturated heterocycles. The molecule has 0 aliphatic rings. The van der Waals surface area contributed by atoms with E-state index < -0.39 is 0 Å². The van der Waals surface area contributed by atoms with Crippen LogP contribution in [0.15, 0.2) is 60.8 Å². The van der Waals surface area contributed by atoms with E-state index in [1.165, 1.54) is 23.1 Å². The van der Waals surface area contributed by atoms with Crippen LogP contribution in [0.3, 0.4) is 0 Å². The van der Waals surface area contributed by atoms with E-state index in [0.717, 1.165) is 17.6 Å². The molecule has 0 saturated carbocycles. The van der Waals surface area contributed by atoms with Crippen molar-refractivity contribution in [1.29, 1.82) is 0 Å². The van der Waals surface area contributed by atoms with E-state index in [-0.39, 0.29) is 11.9 Å². The van der Waals surface area contributed by atoms with Crippen LogP contribution in [0.25, 0.3) is 10.9 Å². The molecule has 0 aliphatic carbocycles. The summed E-state index contributed by atoms with van der Waals surface area (Å²) in [5.74, 6) is -0.203. The lowest BCUT2D eigenvalue weighted by molar-refractivity contribution is 0.572. The van der Waals surface area contributed by atoms with Gasteiger partial charge in [-0.1, -0.05) is 30.3 Å². The molecule has 1 heterocycles. The van der Waals surface area contributed by atoms with Crippen molar-refractivity contribution in [2.75, 3.05) is 0 Å². The summed E-state index contributed by atoms with van der Waals surface area (Å²) in [6, 6.07) is 16.9. The first-order chi connectivity index (χ1) is 10.2. The number of nitrogens with zero attached hydrogens (tertiary/aromatic N) is 1. The summed E-state index contributed by atoms with van der Waals surface area (Å²) in [5, 5.41) is 4.64. The number of fused-ring (bicyclic) bond motifs is 1. The number of benzene rings is 2. The van der Waals surface area contributed by atoms with E-state index in [4.69, 9.17) is 0 Å². The lowest BCUT2D eigenvalue weighted by atomic mass is 10.1. The predicted octanol–water partition coefficient (Wildman–Crippen LogP) is 4.22. The summed E-state index contributed by atoms with van der Waals surface area (Å²) in [6.45, 7) is 2.83. The molecule has 3 rings (SSSR count).